The van der Waals surface area contributed by atoms with Gasteiger partial charge in [-0.05, 0) is 18.9 Å². The molecule has 2 bridgehead atoms. The summed E-state index contributed by atoms with van der Waals surface area (Å²) < 4.78 is 12.0. The van der Waals surface area contributed by atoms with Crippen LogP contribution in [0.5, 0.6) is 0 Å². The normalized spacial score (nSPS) is 37.7. The highest BCUT2D eigenvalue weighted by molar-refractivity contribution is 5.89. The van der Waals surface area contributed by atoms with Gasteiger partial charge < -0.3 is 9.47 Å². The summed E-state index contributed by atoms with van der Waals surface area (Å²) in [6, 6.07) is 9.63. The standard InChI is InChI=1S/C18H15N5O2/c19-9-16(10-20)14(12-4-3-7-23-8-12)24-18-6-2-1-5-13(18)17(16,11-21)15(22)25-18/h3-4,7-8,13-14,22H,1-2,5-6H2/t13-,14+,17-,18+/m0/s1. The first-order valence-electron chi connectivity index (χ1n) is 8.20. The number of nitrogens with zero attached hydrogens (tertiary/aromatic N) is 4. The Morgan fingerprint density at radius 2 is 2.00 bits per heavy atom. The first kappa shape index (κ1) is 15.6. The van der Waals surface area contributed by atoms with Crippen molar-refractivity contribution in [3.63, 3.8) is 0 Å². The molecule has 0 unspecified atom stereocenters. The SMILES string of the molecule is N#CC1(C#N)[C@@H](c2cccnc2)O[C@@]23CCCC[C@H]2[C@@]1(C#N)C(=N)O3. The van der Waals surface area contributed by atoms with E-state index in [1.165, 1.54) is 6.20 Å². The lowest BCUT2D eigenvalue weighted by molar-refractivity contribution is -0.294. The van der Waals surface area contributed by atoms with Crippen LogP contribution in [0.4, 0.5) is 0 Å². The quantitative estimate of drug-likeness (QED) is 0.841. The molecule has 1 aliphatic carbocycles. The van der Waals surface area contributed by atoms with Crippen molar-refractivity contribution in [3.8, 4) is 18.2 Å². The van der Waals surface area contributed by atoms with Gasteiger partial charge >= 0.3 is 0 Å². The molecule has 0 amide bonds. The third-order valence-electron chi connectivity index (χ3n) is 5.80. The molecule has 3 fully saturated rings. The van der Waals surface area contributed by atoms with E-state index in [0.717, 1.165) is 12.8 Å². The van der Waals surface area contributed by atoms with Crippen molar-refractivity contribution >= 4 is 5.90 Å². The Kier molecular flexibility index (Phi) is 3.13. The minimum absolute atomic E-state index is 0.323. The number of hydrogen-bond donors (Lipinski definition) is 1. The van der Waals surface area contributed by atoms with Crippen LogP contribution in [0, 0.1) is 56.2 Å². The largest absolute Gasteiger partial charge is 0.447 e. The fourth-order valence-corrected chi connectivity index (χ4v) is 4.69. The van der Waals surface area contributed by atoms with E-state index < -0.39 is 28.6 Å². The predicted octanol–water partition coefficient (Wildman–Crippen LogP) is 2.59. The Balaban J connectivity index is 2.01. The van der Waals surface area contributed by atoms with E-state index in [1.54, 1.807) is 18.3 Å². The molecule has 0 aromatic carbocycles. The fraction of sp³-hybridized carbons (Fsp3) is 0.500. The van der Waals surface area contributed by atoms with E-state index in [4.69, 9.17) is 14.9 Å². The highest BCUT2D eigenvalue weighted by Crippen LogP contribution is 2.69. The molecule has 0 radical (unpaired) electrons. The monoisotopic (exact) mass is 333 g/mol. The molecule has 3 aliphatic rings. The van der Waals surface area contributed by atoms with Crippen LogP contribution < -0.4 is 0 Å². The summed E-state index contributed by atoms with van der Waals surface area (Å²) in [4.78, 5) is 4.06. The van der Waals surface area contributed by atoms with Crippen molar-refractivity contribution in [2.24, 2.45) is 16.7 Å². The van der Waals surface area contributed by atoms with Crippen molar-refractivity contribution in [3.05, 3.63) is 30.1 Å². The molecule has 124 valence electrons. The van der Waals surface area contributed by atoms with Gasteiger partial charge in [0.2, 0.25) is 17.1 Å². The molecular formula is C18H15N5O2. The Bertz CT molecular complexity index is 850. The van der Waals surface area contributed by atoms with E-state index >= 15 is 0 Å². The molecule has 2 saturated heterocycles. The Labute approximate surface area is 144 Å². The van der Waals surface area contributed by atoms with Crippen LogP contribution in [0.3, 0.4) is 0 Å². The van der Waals surface area contributed by atoms with Gasteiger partial charge in [-0.25, -0.2) is 0 Å². The zero-order chi connectivity index (χ0) is 17.7. The summed E-state index contributed by atoms with van der Waals surface area (Å²) in [5, 5.41) is 38.5. The van der Waals surface area contributed by atoms with Crippen LogP contribution in [-0.2, 0) is 9.47 Å². The average molecular weight is 333 g/mol. The van der Waals surface area contributed by atoms with Crippen LogP contribution in [0.1, 0.15) is 37.4 Å². The molecule has 3 heterocycles. The molecule has 1 aromatic rings. The van der Waals surface area contributed by atoms with Gasteiger partial charge in [0, 0.05) is 24.4 Å². The van der Waals surface area contributed by atoms with Crippen LogP contribution in [0.15, 0.2) is 24.5 Å². The van der Waals surface area contributed by atoms with E-state index in [-0.39, 0.29) is 5.90 Å². The fourth-order valence-electron chi connectivity index (χ4n) is 4.69. The minimum atomic E-state index is -1.87. The maximum atomic E-state index is 10.1. The lowest BCUT2D eigenvalue weighted by atomic mass is 9.51. The van der Waals surface area contributed by atoms with Gasteiger partial charge in [0.25, 0.3) is 0 Å². The number of pyridine rings is 1. The lowest BCUT2D eigenvalue weighted by Gasteiger charge is -2.51. The first-order valence-corrected chi connectivity index (χ1v) is 8.20. The smallest absolute Gasteiger partial charge is 0.217 e. The average Bonchev–Trinajstić information content (AvgIpc) is 2.87. The van der Waals surface area contributed by atoms with Gasteiger partial charge in [0.15, 0.2) is 5.41 Å². The summed E-state index contributed by atoms with van der Waals surface area (Å²) in [5.74, 6) is -1.95. The van der Waals surface area contributed by atoms with Crippen LogP contribution >= 0.6 is 0 Å². The van der Waals surface area contributed by atoms with Crippen molar-refractivity contribution in [1.29, 1.82) is 21.2 Å². The lowest BCUT2D eigenvalue weighted by Crippen LogP contribution is -2.60. The summed E-state index contributed by atoms with van der Waals surface area (Å²) >= 11 is 0. The van der Waals surface area contributed by atoms with Crippen LogP contribution in [0.2, 0.25) is 0 Å². The zero-order valence-corrected chi connectivity index (χ0v) is 13.4. The number of ether oxygens (including phenoxy) is 2. The third-order valence-corrected chi connectivity index (χ3v) is 5.80. The summed E-state index contributed by atoms with van der Waals surface area (Å²) in [7, 11) is 0. The second-order valence-corrected chi connectivity index (χ2v) is 6.78. The van der Waals surface area contributed by atoms with E-state index in [1.807, 2.05) is 12.1 Å². The third kappa shape index (κ3) is 1.60. The molecule has 0 spiro atoms. The molecule has 4 rings (SSSR count). The highest BCUT2D eigenvalue weighted by atomic mass is 16.7. The van der Waals surface area contributed by atoms with E-state index in [0.29, 0.717) is 18.4 Å². The molecule has 4 atom stereocenters. The van der Waals surface area contributed by atoms with Crippen LogP contribution in [0.25, 0.3) is 0 Å². The van der Waals surface area contributed by atoms with Crippen molar-refractivity contribution < 1.29 is 9.47 Å². The van der Waals surface area contributed by atoms with Crippen molar-refractivity contribution in [2.75, 3.05) is 0 Å². The highest BCUT2D eigenvalue weighted by Gasteiger charge is 2.80. The van der Waals surface area contributed by atoms with Gasteiger partial charge in [-0.1, -0.05) is 12.5 Å². The van der Waals surface area contributed by atoms with Crippen molar-refractivity contribution in [1.82, 2.24) is 4.98 Å². The summed E-state index contributed by atoms with van der Waals surface area (Å²) in [6.07, 6.45) is 4.92. The Hall–Kier alpha value is -2.95. The first-order chi connectivity index (χ1) is 12.1. The molecule has 2 aliphatic heterocycles. The Morgan fingerprint density at radius 3 is 2.64 bits per heavy atom. The van der Waals surface area contributed by atoms with Gasteiger partial charge in [-0.3, -0.25) is 10.4 Å². The van der Waals surface area contributed by atoms with Gasteiger partial charge in [0.05, 0.1) is 24.1 Å². The topological polar surface area (TPSA) is 127 Å². The van der Waals surface area contributed by atoms with Gasteiger partial charge in [-0.2, -0.15) is 15.8 Å². The molecule has 7 nitrogen and oxygen atoms in total. The molecule has 1 saturated carbocycles. The number of aromatic nitrogens is 1. The second-order valence-electron chi connectivity index (χ2n) is 6.78. The van der Waals surface area contributed by atoms with E-state index in [2.05, 4.69) is 11.1 Å². The second kappa shape index (κ2) is 5.02. The molecule has 1 aromatic heterocycles. The Morgan fingerprint density at radius 1 is 1.20 bits per heavy atom. The van der Waals surface area contributed by atoms with Gasteiger partial charge in [0.1, 0.15) is 6.10 Å². The maximum Gasteiger partial charge on any atom is 0.217 e. The molecule has 1 N–H and O–H groups in total. The maximum absolute atomic E-state index is 10.1. The van der Waals surface area contributed by atoms with Crippen molar-refractivity contribution in [2.45, 2.75) is 37.6 Å². The van der Waals surface area contributed by atoms with E-state index in [9.17, 15) is 15.8 Å². The number of rotatable bonds is 1. The number of nitrogens with one attached hydrogen (secondary N) is 1. The summed E-state index contributed by atoms with van der Waals surface area (Å²) in [6.45, 7) is 0. The number of hydrogen-bond acceptors (Lipinski definition) is 7. The van der Waals surface area contributed by atoms with Gasteiger partial charge in [-0.15, -0.1) is 0 Å². The predicted molar refractivity (Wildman–Crippen MR) is 83.3 cm³/mol. The zero-order valence-electron chi connectivity index (χ0n) is 13.4. The molecule has 7 heteroatoms. The molecular weight excluding hydrogens is 318 g/mol. The number of nitriles is 3. The molecule has 25 heavy (non-hydrogen) atoms. The summed E-state index contributed by atoms with van der Waals surface area (Å²) in [5.41, 5.74) is -2.98. The van der Waals surface area contributed by atoms with Crippen LogP contribution in [-0.4, -0.2) is 16.7 Å². The minimum Gasteiger partial charge on any atom is -0.447 e.